The van der Waals surface area contributed by atoms with E-state index in [1.807, 2.05) is 0 Å². The van der Waals surface area contributed by atoms with Gasteiger partial charge in [-0.3, -0.25) is 4.99 Å². The Morgan fingerprint density at radius 2 is 1.81 bits per heavy atom. The molecular weight excluding hydrogens is 375 g/mol. The van der Waals surface area contributed by atoms with Gasteiger partial charge in [-0.15, -0.1) is 24.0 Å². The van der Waals surface area contributed by atoms with Crippen molar-refractivity contribution in [2.45, 2.75) is 64.0 Å². The maximum Gasteiger partial charge on any atom is 0.191 e. The van der Waals surface area contributed by atoms with Crippen LogP contribution in [0.4, 0.5) is 0 Å². The van der Waals surface area contributed by atoms with Crippen LogP contribution in [0.5, 0.6) is 0 Å². The predicted octanol–water partition coefficient (Wildman–Crippen LogP) is 2.59. The van der Waals surface area contributed by atoms with Crippen molar-refractivity contribution in [3.63, 3.8) is 0 Å². The molecule has 4 nitrogen and oxygen atoms in total. The average Bonchev–Trinajstić information content (AvgIpc) is 3.33. The van der Waals surface area contributed by atoms with Crippen molar-refractivity contribution in [3.8, 4) is 0 Å². The monoisotopic (exact) mass is 406 g/mol. The summed E-state index contributed by atoms with van der Waals surface area (Å²) in [6, 6.07) is 1.54. The minimum Gasteiger partial charge on any atom is -0.357 e. The van der Waals surface area contributed by atoms with Gasteiger partial charge < -0.3 is 15.5 Å². The summed E-state index contributed by atoms with van der Waals surface area (Å²) in [5, 5.41) is 7.04. The first-order valence-corrected chi connectivity index (χ1v) is 8.64. The first kappa shape index (κ1) is 17.3. The van der Waals surface area contributed by atoms with Crippen LogP contribution in [0.2, 0.25) is 0 Å². The molecule has 3 aliphatic rings. The summed E-state index contributed by atoms with van der Waals surface area (Å²) in [6.45, 7) is 6.62. The Hall–Kier alpha value is -0.0400. The number of hydrogen-bond donors (Lipinski definition) is 2. The fraction of sp³-hybridized carbons (Fsp3) is 0.938. The maximum absolute atomic E-state index is 4.74. The van der Waals surface area contributed by atoms with Crippen LogP contribution < -0.4 is 10.6 Å². The van der Waals surface area contributed by atoms with Crippen molar-refractivity contribution in [1.29, 1.82) is 0 Å². The lowest BCUT2D eigenvalue weighted by Gasteiger charge is -2.33. The fourth-order valence-electron chi connectivity index (χ4n) is 3.13. The van der Waals surface area contributed by atoms with Gasteiger partial charge in [0.15, 0.2) is 5.96 Å². The van der Waals surface area contributed by atoms with Crippen molar-refractivity contribution in [3.05, 3.63) is 0 Å². The Morgan fingerprint density at radius 1 is 1.10 bits per heavy atom. The molecule has 2 saturated carbocycles. The normalized spacial score (nSPS) is 24.5. The van der Waals surface area contributed by atoms with E-state index < -0.39 is 0 Å². The summed E-state index contributed by atoms with van der Waals surface area (Å²) < 4.78 is 0. The van der Waals surface area contributed by atoms with Crippen LogP contribution in [0.15, 0.2) is 4.99 Å². The molecule has 1 saturated heterocycles. The Labute approximate surface area is 146 Å². The highest BCUT2D eigenvalue weighted by molar-refractivity contribution is 14.0. The Bertz CT molecular complexity index is 331. The quantitative estimate of drug-likeness (QED) is 0.405. The minimum atomic E-state index is 0. The number of piperidine rings is 1. The van der Waals surface area contributed by atoms with Gasteiger partial charge in [0, 0.05) is 38.3 Å². The molecule has 0 amide bonds. The molecule has 0 unspecified atom stereocenters. The highest BCUT2D eigenvalue weighted by atomic mass is 127. The summed E-state index contributed by atoms with van der Waals surface area (Å²) in [4.78, 5) is 7.41. The van der Waals surface area contributed by atoms with E-state index in [-0.39, 0.29) is 24.0 Å². The zero-order valence-electron chi connectivity index (χ0n) is 13.3. The zero-order chi connectivity index (χ0) is 13.8. The molecule has 1 aliphatic heterocycles. The van der Waals surface area contributed by atoms with E-state index >= 15 is 0 Å². The molecule has 2 aliphatic carbocycles. The van der Waals surface area contributed by atoms with E-state index in [4.69, 9.17) is 4.99 Å². The topological polar surface area (TPSA) is 39.7 Å². The van der Waals surface area contributed by atoms with E-state index in [9.17, 15) is 0 Å². The molecule has 1 heterocycles. The van der Waals surface area contributed by atoms with Gasteiger partial charge in [0.1, 0.15) is 0 Å². The Morgan fingerprint density at radius 3 is 2.38 bits per heavy atom. The standard InChI is InChI=1S/C16H30N4.HI/c1-2-17-16(18-10-7-13-3-4-13)19-14-8-11-20(12-9-14)15-5-6-15;/h13-15H,2-12H2,1H3,(H2,17,18,19);1H. The smallest absolute Gasteiger partial charge is 0.191 e. The van der Waals surface area contributed by atoms with Gasteiger partial charge in [-0.1, -0.05) is 12.8 Å². The Balaban J connectivity index is 0.00000161. The summed E-state index contributed by atoms with van der Waals surface area (Å²) in [7, 11) is 0. The van der Waals surface area contributed by atoms with Gasteiger partial charge in [-0.25, -0.2) is 0 Å². The predicted molar refractivity (Wildman–Crippen MR) is 99.5 cm³/mol. The highest BCUT2D eigenvalue weighted by Crippen LogP contribution is 2.32. The van der Waals surface area contributed by atoms with Crippen LogP contribution in [0.3, 0.4) is 0 Å². The van der Waals surface area contributed by atoms with Crippen molar-refractivity contribution in [1.82, 2.24) is 15.5 Å². The third kappa shape index (κ3) is 5.93. The van der Waals surface area contributed by atoms with Crippen LogP contribution in [0.25, 0.3) is 0 Å². The molecule has 5 heteroatoms. The molecule has 0 radical (unpaired) electrons. The molecule has 0 spiro atoms. The van der Waals surface area contributed by atoms with Gasteiger partial charge in [0.05, 0.1) is 0 Å². The lowest BCUT2D eigenvalue weighted by molar-refractivity contribution is 0.197. The molecule has 0 aromatic carbocycles. The summed E-state index contributed by atoms with van der Waals surface area (Å²) in [5.74, 6) is 2.02. The van der Waals surface area contributed by atoms with Crippen molar-refractivity contribution >= 4 is 29.9 Å². The summed E-state index contributed by atoms with van der Waals surface area (Å²) >= 11 is 0. The highest BCUT2D eigenvalue weighted by Gasteiger charge is 2.31. The second-order valence-corrected chi connectivity index (χ2v) is 6.68. The van der Waals surface area contributed by atoms with Crippen LogP contribution >= 0.6 is 24.0 Å². The van der Waals surface area contributed by atoms with Crippen LogP contribution in [0, 0.1) is 5.92 Å². The summed E-state index contributed by atoms with van der Waals surface area (Å²) in [5.41, 5.74) is 0. The molecule has 0 bridgehead atoms. The van der Waals surface area contributed by atoms with Gasteiger partial charge in [-0.2, -0.15) is 0 Å². The van der Waals surface area contributed by atoms with Crippen LogP contribution in [0.1, 0.15) is 51.9 Å². The molecule has 2 N–H and O–H groups in total. The molecule has 0 atom stereocenters. The number of hydrogen-bond acceptors (Lipinski definition) is 2. The molecule has 3 rings (SSSR count). The van der Waals surface area contributed by atoms with Crippen molar-refractivity contribution in [2.75, 3.05) is 26.2 Å². The number of nitrogens with zero attached hydrogens (tertiary/aromatic N) is 2. The number of halogens is 1. The number of guanidine groups is 1. The van der Waals surface area contributed by atoms with E-state index in [1.165, 1.54) is 58.0 Å². The largest absolute Gasteiger partial charge is 0.357 e. The number of aliphatic imine (C=N–C) groups is 1. The number of rotatable bonds is 6. The number of likely N-dealkylation sites (tertiary alicyclic amines) is 1. The maximum atomic E-state index is 4.74. The molecular formula is C16H31IN4. The summed E-state index contributed by atoms with van der Waals surface area (Å²) in [6.07, 6.45) is 9.54. The third-order valence-electron chi connectivity index (χ3n) is 4.78. The lowest BCUT2D eigenvalue weighted by Crippen LogP contribution is -2.49. The fourth-order valence-corrected chi connectivity index (χ4v) is 3.13. The second kappa shape index (κ2) is 8.56. The number of nitrogens with one attached hydrogen (secondary N) is 2. The first-order chi connectivity index (χ1) is 9.85. The van der Waals surface area contributed by atoms with Crippen molar-refractivity contribution in [2.24, 2.45) is 10.9 Å². The van der Waals surface area contributed by atoms with Crippen LogP contribution in [-0.2, 0) is 0 Å². The molecule has 0 aromatic heterocycles. The second-order valence-electron chi connectivity index (χ2n) is 6.68. The van der Waals surface area contributed by atoms with Gasteiger partial charge >= 0.3 is 0 Å². The molecule has 0 aromatic rings. The lowest BCUT2D eigenvalue weighted by atomic mass is 10.1. The van der Waals surface area contributed by atoms with Gasteiger partial charge in [-0.05, 0) is 44.9 Å². The average molecular weight is 406 g/mol. The van der Waals surface area contributed by atoms with Crippen molar-refractivity contribution < 1.29 is 0 Å². The molecule has 3 fully saturated rings. The minimum absolute atomic E-state index is 0. The van der Waals surface area contributed by atoms with Gasteiger partial charge in [0.25, 0.3) is 0 Å². The first-order valence-electron chi connectivity index (χ1n) is 8.64. The molecule has 122 valence electrons. The van der Waals surface area contributed by atoms with E-state index in [0.717, 1.165) is 31.0 Å². The third-order valence-corrected chi connectivity index (χ3v) is 4.78. The van der Waals surface area contributed by atoms with Crippen LogP contribution in [-0.4, -0.2) is 49.1 Å². The van der Waals surface area contributed by atoms with Gasteiger partial charge in [0.2, 0.25) is 0 Å². The van der Waals surface area contributed by atoms with E-state index in [2.05, 4.69) is 22.5 Å². The van der Waals surface area contributed by atoms with E-state index in [1.54, 1.807) is 0 Å². The zero-order valence-corrected chi connectivity index (χ0v) is 15.6. The molecule has 21 heavy (non-hydrogen) atoms. The SMILES string of the molecule is CCNC(=NCCC1CC1)NC1CCN(C2CC2)CC1.I. The Kier molecular flexibility index (Phi) is 7.05. The van der Waals surface area contributed by atoms with E-state index in [0.29, 0.717) is 6.04 Å².